The van der Waals surface area contributed by atoms with Crippen LogP contribution in [0.15, 0.2) is 35.3 Å². The number of aliphatic imine (C=N–C) groups is 1. The lowest BCUT2D eigenvalue weighted by Gasteiger charge is -2.10. The molecule has 1 aromatic heterocycles. The Morgan fingerprint density at radius 2 is 2.10 bits per heavy atom. The summed E-state index contributed by atoms with van der Waals surface area (Å²) in [6.07, 6.45) is 0. The molecule has 0 spiro atoms. The Morgan fingerprint density at radius 1 is 1.30 bits per heavy atom. The van der Waals surface area contributed by atoms with E-state index in [-0.39, 0.29) is 0 Å². The summed E-state index contributed by atoms with van der Waals surface area (Å²) in [4.78, 5) is 4.34. The lowest BCUT2D eigenvalue weighted by atomic mass is 10.3. The molecular weight excluding hydrogens is 254 g/mol. The minimum absolute atomic E-state index is 0.791. The van der Waals surface area contributed by atoms with E-state index < -0.39 is 0 Å². The van der Waals surface area contributed by atoms with Gasteiger partial charge in [0, 0.05) is 12.6 Å². The summed E-state index contributed by atoms with van der Waals surface area (Å²) in [5, 5.41) is 11.0. The molecule has 104 valence electrons. The maximum atomic E-state index is 5.17. The number of benzene rings is 1. The van der Waals surface area contributed by atoms with Crippen LogP contribution < -0.4 is 15.4 Å². The molecule has 0 aliphatic carbocycles. The molecule has 1 aliphatic rings. The van der Waals surface area contributed by atoms with Gasteiger partial charge in [-0.05, 0) is 31.2 Å². The van der Waals surface area contributed by atoms with Gasteiger partial charge in [-0.15, -0.1) is 0 Å². The number of hydrogen-bond acceptors (Lipinski definition) is 5. The molecule has 0 saturated carbocycles. The number of nitrogens with one attached hydrogen (secondary N) is 2. The molecule has 0 amide bonds. The number of nitrogens with zero attached hydrogens (tertiary/aromatic N) is 3. The van der Waals surface area contributed by atoms with Crippen molar-refractivity contribution in [2.24, 2.45) is 4.99 Å². The van der Waals surface area contributed by atoms with Crippen LogP contribution in [0.5, 0.6) is 5.75 Å². The van der Waals surface area contributed by atoms with Crippen LogP contribution in [-0.4, -0.2) is 35.9 Å². The monoisotopic (exact) mass is 271 g/mol. The van der Waals surface area contributed by atoms with Crippen molar-refractivity contribution in [2.45, 2.75) is 6.92 Å². The molecule has 2 heterocycles. The second kappa shape index (κ2) is 5.24. The van der Waals surface area contributed by atoms with E-state index >= 15 is 0 Å². The summed E-state index contributed by atoms with van der Waals surface area (Å²) >= 11 is 0. The molecule has 1 aromatic carbocycles. The van der Waals surface area contributed by atoms with Crippen molar-refractivity contribution in [1.29, 1.82) is 0 Å². The average molecular weight is 271 g/mol. The number of anilines is 1. The van der Waals surface area contributed by atoms with E-state index in [9.17, 15) is 0 Å². The van der Waals surface area contributed by atoms with Crippen molar-refractivity contribution in [2.75, 3.05) is 25.5 Å². The van der Waals surface area contributed by atoms with Gasteiger partial charge in [-0.3, -0.25) is 4.99 Å². The van der Waals surface area contributed by atoms with Crippen molar-refractivity contribution in [3.05, 3.63) is 36.0 Å². The fourth-order valence-electron chi connectivity index (χ4n) is 2.11. The fraction of sp³-hybridized carbons (Fsp3) is 0.286. The smallest absolute Gasteiger partial charge is 0.197 e. The first-order valence-corrected chi connectivity index (χ1v) is 6.53. The normalized spacial score (nSPS) is 13.8. The SMILES string of the molecule is COc1ccc(-n2nc(C)cc2NC2=NCCN2)cc1. The van der Waals surface area contributed by atoms with E-state index in [1.54, 1.807) is 7.11 Å². The predicted molar refractivity (Wildman–Crippen MR) is 78.8 cm³/mol. The van der Waals surface area contributed by atoms with Crippen LogP contribution >= 0.6 is 0 Å². The molecule has 6 heteroatoms. The average Bonchev–Trinajstić information content (AvgIpc) is 3.09. The molecule has 0 bridgehead atoms. The van der Waals surface area contributed by atoms with Gasteiger partial charge in [-0.25, -0.2) is 4.68 Å². The third kappa shape index (κ3) is 2.45. The zero-order valence-corrected chi connectivity index (χ0v) is 11.6. The number of aromatic nitrogens is 2. The fourth-order valence-corrected chi connectivity index (χ4v) is 2.11. The molecule has 2 N–H and O–H groups in total. The molecule has 0 atom stereocenters. The van der Waals surface area contributed by atoms with E-state index in [0.29, 0.717) is 0 Å². The highest BCUT2D eigenvalue weighted by molar-refractivity contribution is 5.94. The topological polar surface area (TPSA) is 63.5 Å². The third-order valence-corrected chi connectivity index (χ3v) is 3.07. The Labute approximate surface area is 117 Å². The van der Waals surface area contributed by atoms with E-state index in [2.05, 4.69) is 20.7 Å². The highest BCUT2D eigenvalue weighted by Crippen LogP contribution is 2.20. The maximum absolute atomic E-state index is 5.17. The minimum Gasteiger partial charge on any atom is -0.497 e. The molecule has 6 nitrogen and oxygen atoms in total. The number of ether oxygens (including phenoxy) is 1. The Bertz CT molecular complexity index is 630. The van der Waals surface area contributed by atoms with Crippen LogP contribution in [0.3, 0.4) is 0 Å². The highest BCUT2D eigenvalue weighted by Gasteiger charge is 2.11. The summed E-state index contributed by atoms with van der Waals surface area (Å²) in [6, 6.07) is 9.77. The van der Waals surface area contributed by atoms with Crippen LogP contribution in [0.4, 0.5) is 5.82 Å². The number of guanidine groups is 1. The Balaban J connectivity index is 1.91. The van der Waals surface area contributed by atoms with Gasteiger partial charge in [0.25, 0.3) is 0 Å². The van der Waals surface area contributed by atoms with Crippen molar-refractivity contribution in [3.63, 3.8) is 0 Å². The summed E-state index contributed by atoms with van der Waals surface area (Å²) in [5.74, 6) is 2.51. The molecule has 0 saturated heterocycles. The second-order valence-corrected chi connectivity index (χ2v) is 4.56. The Morgan fingerprint density at radius 3 is 2.75 bits per heavy atom. The van der Waals surface area contributed by atoms with Crippen molar-refractivity contribution in [3.8, 4) is 11.4 Å². The molecule has 2 aromatic rings. The zero-order valence-electron chi connectivity index (χ0n) is 11.6. The van der Waals surface area contributed by atoms with Crippen molar-refractivity contribution >= 4 is 11.8 Å². The lowest BCUT2D eigenvalue weighted by Crippen LogP contribution is -2.27. The molecule has 20 heavy (non-hydrogen) atoms. The molecule has 0 fully saturated rings. The van der Waals surface area contributed by atoms with Crippen LogP contribution in [-0.2, 0) is 0 Å². The standard InChI is InChI=1S/C14H17N5O/c1-10-9-13(17-14-15-7-8-16-14)19(18-10)11-3-5-12(20-2)6-4-11/h3-6,9H,7-8H2,1-2H3,(H2,15,16,17). The van der Waals surface area contributed by atoms with Gasteiger partial charge in [0.2, 0.25) is 0 Å². The van der Waals surface area contributed by atoms with Crippen LogP contribution in [0, 0.1) is 6.92 Å². The molecular formula is C14H17N5O. The van der Waals surface area contributed by atoms with Crippen LogP contribution in [0.25, 0.3) is 5.69 Å². The van der Waals surface area contributed by atoms with Gasteiger partial charge in [-0.2, -0.15) is 5.10 Å². The van der Waals surface area contributed by atoms with Gasteiger partial charge in [-0.1, -0.05) is 0 Å². The first-order chi connectivity index (χ1) is 9.76. The zero-order chi connectivity index (χ0) is 13.9. The Hall–Kier alpha value is -2.50. The maximum Gasteiger partial charge on any atom is 0.197 e. The molecule has 3 rings (SSSR count). The van der Waals surface area contributed by atoms with Gasteiger partial charge in [0.15, 0.2) is 5.96 Å². The largest absolute Gasteiger partial charge is 0.497 e. The van der Waals surface area contributed by atoms with Gasteiger partial charge >= 0.3 is 0 Å². The third-order valence-electron chi connectivity index (χ3n) is 3.07. The lowest BCUT2D eigenvalue weighted by molar-refractivity contribution is 0.414. The molecule has 1 aliphatic heterocycles. The van der Waals surface area contributed by atoms with E-state index in [4.69, 9.17) is 4.74 Å². The van der Waals surface area contributed by atoms with Crippen LogP contribution in [0.2, 0.25) is 0 Å². The first-order valence-electron chi connectivity index (χ1n) is 6.53. The molecule has 0 unspecified atom stereocenters. The summed E-state index contributed by atoms with van der Waals surface area (Å²) < 4.78 is 7.03. The highest BCUT2D eigenvalue weighted by atomic mass is 16.5. The van der Waals surface area contributed by atoms with E-state index in [1.807, 2.05) is 41.9 Å². The van der Waals surface area contributed by atoms with Gasteiger partial charge < -0.3 is 15.4 Å². The number of hydrogen-bond donors (Lipinski definition) is 2. The molecule has 0 radical (unpaired) electrons. The van der Waals surface area contributed by atoms with Crippen LogP contribution in [0.1, 0.15) is 5.69 Å². The number of aryl methyl sites for hydroxylation is 1. The first kappa shape index (κ1) is 12.5. The second-order valence-electron chi connectivity index (χ2n) is 4.56. The van der Waals surface area contributed by atoms with Gasteiger partial charge in [0.05, 0.1) is 25.0 Å². The minimum atomic E-state index is 0.791. The van der Waals surface area contributed by atoms with E-state index in [0.717, 1.165) is 42.0 Å². The summed E-state index contributed by atoms with van der Waals surface area (Å²) in [6.45, 7) is 3.64. The quantitative estimate of drug-likeness (QED) is 0.889. The van der Waals surface area contributed by atoms with Crippen molar-refractivity contribution in [1.82, 2.24) is 15.1 Å². The summed E-state index contributed by atoms with van der Waals surface area (Å²) in [7, 11) is 1.66. The number of methoxy groups -OCH3 is 1. The van der Waals surface area contributed by atoms with Crippen molar-refractivity contribution < 1.29 is 4.74 Å². The van der Waals surface area contributed by atoms with Gasteiger partial charge in [0.1, 0.15) is 11.6 Å². The van der Waals surface area contributed by atoms with E-state index in [1.165, 1.54) is 0 Å². The summed E-state index contributed by atoms with van der Waals surface area (Å²) in [5.41, 5.74) is 1.92. The number of rotatable bonds is 3. The Kier molecular flexibility index (Phi) is 3.28. The predicted octanol–water partition coefficient (Wildman–Crippen LogP) is 1.56.